The molecule has 1 N–H and O–H groups in total. The molecule has 3 fully saturated rings. The maximum atomic E-state index is 3.91. The first-order chi connectivity index (χ1) is 9.75. The highest BCUT2D eigenvalue weighted by Crippen LogP contribution is 2.58. The van der Waals surface area contributed by atoms with Crippen molar-refractivity contribution in [3.63, 3.8) is 0 Å². The second-order valence-electron chi connectivity index (χ2n) is 8.22. The summed E-state index contributed by atoms with van der Waals surface area (Å²) in [4.78, 5) is 0. The summed E-state index contributed by atoms with van der Waals surface area (Å²) < 4.78 is 0. The van der Waals surface area contributed by atoms with Crippen LogP contribution in [0.2, 0.25) is 0 Å². The van der Waals surface area contributed by atoms with Gasteiger partial charge in [-0.05, 0) is 61.7 Å². The molecule has 1 heteroatoms. The predicted molar refractivity (Wildman–Crippen MR) is 86.8 cm³/mol. The monoisotopic (exact) mass is 277 g/mol. The molecular weight excluding hydrogens is 242 g/mol. The van der Waals surface area contributed by atoms with E-state index in [-0.39, 0.29) is 0 Å². The zero-order valence-electron chi connectivity index (χ0n) is 13.8. The molecule has 0 aromatic carbocycles. The molecule has 3 rings (SSSR count). The van der Waals surface area contributed by atoms with Crippen molar-refractivity contribution in [2.75, 3.05) is 6.54 Å². The Morgan fingerprint density at radius 1 is 1.15 bits per heavy atom. The smallest absolute Gasteiger partial charge is 0.00684 e. The molecular formula is C19H35N. The van der Waals surface area contributed by atoms with E-state index in [2.05, 4.69) is 19.2 Å². The summed E-state index contributed by atoms with van der Waals surface area (Å²) >= 11 is 0. The lowest BCUT2D eigenvalue weighted by Gasteiger charge is -2.41. The Balaban J connectivity index is 1.61. The van der Waals surface area contributed by atoms with Crippen LogP contribution in [0, 0.1) is 23.2 Å². The average molecular weight is 277 g/mol. The highest BCUT2D eigenvalue weighted by atomic mass is 15.0. The third-order valence-corrected chi connectivity index (χ3v) is 6.66. The van der Waals surface area contributed by atoms with Gasteiger partial charge < -0.3 is 5.32 Å². The average Bonchev–Trinajstić information content (AvgIpc) is 3.10. The SMILES string of the molecule is CCCCC(CC)CC1(CNC2CC2)CC2CCC1C2. The van der Waals surface area contributed by atoms with Crippen LogP contribution in [0.5, 0.6) is 0 Å². The second kappa shape index (κ2) is 6.38. The molecule has 0 aromatic rings. The summed E-state index contributed by atoms with van der Waals surface area (Å²) in [6, 6.07) is 0.890. The van der Waals surface area contributed by atoms with Gasteiger partial charge in [-0.25, -0.2) is 0 Å². The summed E-state index contributed by atoms with van der Waals surface area (Å²) in [5.74, 6) is 3.15. The molecule has 116 valence electrons. The minimum Gasteiger partial charge on any atom is -0.313 e. The molecule has 3 aliphatic rings. The van der Waals surface area contributed by atoms with Gasteiger partial charge in [0.15, 0.2) is 0 Å². The first-order valence-corrected chi connectivity index (χ1v) is 9.49. The Kier molecular flexibility index (Phi) is 4.75. The third kappa shape index (κ3) is 3.24. The van der Waals surface area contributed by atoms with E-state index in [1.165, 1.54) is 51.5 Å². The van der Waals surface area contributed by atoms with Crippen LogP contribution in [0.3, 0.4) is 0 Å². The molecule has 0 spiro atoms. The molecule has 4 atom stereocenters. The summed E-state index contributed by atoms with van der Waals surface area (Å²) in [5, 5.41) is 3.91. The highest BCUT2D eigenvalue weighted by molar-refractivity contribution is 5.03. The van der Waals surface area contributed by atoms with Crippen LogP contribution in [0.25, 0.3) is 0 Å². The first kappa shape index (κ1) is 14.9. The minimum atomic E-state index is 0.694. The van der Waals surface area contributed by atoms with Gasteiger partial charge in [-0.3, -0.25) is 0 Å². The van der Waals surface area contributed by atoms with Crippen LogP contribution in [-0.2, 0) is 0 Å². The normalized spacial score (nSPS) is 37.5. The van der Waals surface area contributed by atoms with Gasteiger partial charge in [0.1, 0.15) is 0 Å². The van der Waals surface area contributed by atoms with Crippen LogP contribution in [0.4, 0.5) is 0 Å². The molecule has 1 nitrogen and oxygen atoms in total. The van der Waals surface area contributed by atoms with E-state index in [1.54, 1.807) is 25.7 Å². The molecule has 0 aromatic heterocycles. The maximum Gasteiger partial charge on any atom is 0.00684 e. The Morgan fingerprint density at radius 3 is 2.55 bits per heavy atom. The van der Waals surface area contributed by atoms with Crippen molar-refractivity contribution in [1.82, 2.24) is 5.32 Å². The Morgan fingerprint density at radius 2 is 2.00 bits per heavy atom. The Hall–Kier alpha value is -0.0400. The number of hydrogen-bond acceptors (Lipinski definition) is 1. The van der Waals surface area contributed by atoms with Crippen LogP contribution in [0.1, 0.15) is 84.5 Å². The van der Waals surface area contributed by atoms with E-state index in [0.29, 0.717) is 5.41 Å². The zero-order valence-corrected chi connectivity index (χ0v) is 13.8. The van der Waals surface area contributed by atoms with E-state index in [9.17, 15) is 0 Å². The van der Waals surface area contributed by atoms with Gasteiger partial charge in [0, 0.05) is 12.6 Å². The fraction of sp³-hybridized carbons (Fsp3) is 1.00. The number of rotatable bonds is 9. The van der Waals surface area contributed by atoms with Crippen molar-refractivity contribution in [2.24, 2.45) is 23.2 Å². The largest absolute Gasteiger partial charge is 0.313 e. The fourth-order valence-electron chi connectivity index (χ4n) is 5.25. The van der Waals surface area contributed by atoms with Crippen LogP contribution in [-0.4, -0.2) is 12.6 Å². The number of nitrogens with one attached hydrogen (secondary N) is 1. The van der Waals surface area contributed by atoms with Gasteiger partial charge >= 0.3 is 0 Å². The molecule has 0 radical (unpaired) electrons. The summed E-state index contributed by atoms with van der Waals surface area (Å²) in [6.45, 7) is 6.12. The number of fused-ring (bicyclic) bond motifs is 2. The molecule has 3 aliphatic carbocycles. The number of unbranched alkanes of at least 4 members (excludes halogenated alkanes) is 1. The lowest BCUT2D eigenvalue weighted by molar-refractivity contribution is 0.110. The van der Waals surface area contributed by atoms with Crippen LogP contribution < -0.4 is 5.32 Å². The van der Waals surface area contributed by atoms with Gasteiger partial charge in [-0.2, -0.15) is 0 Å². The molecule has 4 unspecified atom stereocenters. The third-order valence-electron chi connectivity index (χ3n) is 6.66. The molecule has 3 saturated carbocycles. The van der Waals surface area contributed by atoms with Crippen molar-refractivity contribution in [3.8, 4) is 0 Å². The van der Waals surface area contributed by atoms with E-state index < -0.39 is 0 Å². The van der Waals surface area contributed by atoms with Crippen molar-refractivity contribution < 1.29 is 0 Å². The summed E-state index contributed by atoms with van der Waals surface area (Å²) in [7, 11) is 0. The molecule has 20 heavy (non-hydrogen) atoms. The van der Waals surface area contributed by atoms with Gasteiger partial charge in [0.25, 0.3) is 0 Å². The standard InChI is InChI=1S/C19H35N/c1-3-5-6-15(4-2)12-19(14-20-18-9-10-18)13-16-7-8-17(19)11-16/h15-18,20H,3-14H2,1-2H3. The Labute approximate surface area is 126 Å². The van der Waals surface area contributed by atoms with Gasteiger partial charge in [-0.15, -0.1) is 0 Å². The predicted octanol–water partition coefficient (Wildman–Crippen LogP) is 5.15. The first-order valence-electron chi connectivity index (χ1n) is 9.49. The fourth-order valence-corrected chi connectivity index (χ4v) is 5.25. The maximum absolute atomic E-state index is 3.91. The molecule has 0 saturated heterocycles. The van der Waals surface area contributed by atoms with E-state index >= 15 is 0 Å². The summed E-state index contributed by atoms with van der Waals surface area (Å²) in [5.41, 5.74) is 0.694. The van der Waals surface area contributed by atoms with Crippen molar-refractivity contribution >= 4 is 0 Å². The van der Waals surface area contributed by atoms with Crippen LogP contribution >= 0.6 is 0 Å². The summed E-state index contributed by atoms with van der Waals surface area (Å²) in [6.07, 6.45) is 16.3. The lowest BCUT2D eigenvalue weighted by atomic mass is 9.67. The highest BCUT2D eigenvalue weighted by Gasteiger charge is 2.51. The number of hydrogen-bond donors (Lipinski definition) is 1. The quantitative estimate of drug-likeness (QED) is 0.614. The minimum absolute atomic E-state index is 0.694. The van der Waals surface area contributed by atoms with E-state index in [4.69, 9.17) is 0 Å². The lowest BCUT2D eigenvalue weighted by Crippen LogP contribution is -2.41. The van der Waals surface area contributed by atoms with Gasteiger partial charge in [0.05, 0.1) is 0 Å². The van der Waals surface area contributed by atoms with Crippen molar-refractivity contribution in [1.29, 1.82) is 0 Å². The van der Waals surface area contributed by atoms with E-state index in [0.717, 1.165) is 23.8 Å². The molecule has 0 amide bonds. The molecule has 2 bridgehead atoms. The Bertz CT molecular complexity index is 309. The zero-order chi connectivity index (χ0) is 14.0. The molecule has 0 heterocycles. The van der Waals surface area contributed by atoms with Crippen LogP contribution in [0.15, 0.2) is 0 Å². The second-order valence-corrected chi connectivity index (χ2v) is 8.22. The van der Waals surface area contributed by atoms with Crippen molar-refractivity contribution in [3.05, 3.63) is 0 Å². The van der Waals surface area contributed by atoms with Gasteiger partial charge in [-0.1, -0.05) is 46.0 Å². The van der Waals surface area contributed by atoms with E-state index in [1.807, 2.05) is 0 Å². The topological polar surface area (TPSA) is 12.0 Å². The molecule has 0 aliphatic heterocycles. The van der Waals surface area contributed by atoms with Gasteiger partial charge in [0.2, 0.25) is 0 Å². The van der Waals surface area contributed by atoms with Crippen molar-refractivity contribution in [2.45, 2.75) is 90.5 Å².